The molecule has 0 spiro atoms. The molecule has 2 aromatic rings. The Morgan fingerprint density at radius 1 is 1.15 bits per heavy atom. The molecule has 1 aromatic heterocycles. The molecule has 0 bridgehead atoms. The van der Waals surface area contributed by atoms with Gasteiger partial charge < -0.3 is 10.1 Å². The summed E-state index contributed by atoms with van der Waals surface area (Å²) < 4.78 is 5.47. The van der Waals surface area contributed by atoms with Crippen LogP contribution in [0.4, 0.5) is 0 Å². The highest BCUT2D eigenvalue weighted by Crippen LogP contribution is 2.28. The zero-order chi connectivity index (χ0) is 18.5. The monoisotopic (exact) mass is 369 g/mol. The molecular weight excluding hydrogens is 342 g/mol. The highest BCUT2D eigenvalue weighted by molar-refractivity contribution is 5.76. The third kappa shape index (κ3) is 4.71. The number of amides is 1. The van der Waals surface area contributed by atoms with E-state index in [0.717, 1.165) is 57.3 Å². The summed E-state index contributed by atoms with van der Waals surface area (Å²) in [5.41, 5.74) is 0.983. The molecule has 1 atom stereocenters. The van der Waals surface area contributed by atoms with Gasteiger partial charge in [-0.25, -0.2) is 0 Å². The summed E-state index contributed by atoms with van der Waals surface area (Å²) in [6.45, 7) is 1.56. The van der Waals surface area contributed by atoms with Gasteiger partial charge in [0.25, 0.3) is 0 Å². The Kier molecular flexibility index (Phi) is 5.77. The maximum atomic E-state index is 12.3. The maximum Gasteiger partial charge on any atom is 0.220 e. The number of nitrogens with one attached hydrogen (secondary N) is 1. The number of ether oxygens (including phenoxy) is 1. The van der Waals surface area contributed by atoms with E-state index >= 15 is 0 Å². The minimum Gasteiger partial charge on any atom is -0.381 e. The van der Waals surface area contributed by atoms with Crippen molar-refractivity contribution in [2.75, 3.05) is 13.2 Å². The van der Waals surface area contributed by atoms with Gasteiger partial charge in [0.15, 0.2) is 0 Å². The largest absolute Gasteiger partial charge is 0.381 e. The molecule has 1 saturated heterocycles. The summed E-state index contributed by atoms with van der Waals surface area (Å²) in [5.74, 6) is 1.21. The van der Waals surface area contributed by atoms with E-state index in [1.54, 1.807) is 4.80 Å². The van der Waals surface area contributed by atoms with Gasteiger partial charge in [-0.2, -0.15) is 4.80 Å². The standard InChI is InChI=1S/C20H27N5O2/c26-19(13-15-5-4-12-27-14-15)21-17-8-10-18(11-9-17)25-23-20(22-24-25)16-6-2-1-3-7-16/h1-3,6-7,15,17-18H,4-5,8-14H2,(H,21,26). The summed E-state index contributed by atoms with van der Waals surface area (Å²) >= 11 is 0. The van der Waals surface area contributed by atoms with Crippen molar-refractivity contribution in [2.24, 2.45) is 5.92 Å². The molecule has 1 aliphatic carbocycles. The number of tetrazole rings is 1. The fourth-order valence-corrected chi connectivity index (χ4v) is 4.05. The Morgan fingerprint density at radius 2 is 1.96 bits per heavy atom. The lowest BCUT2D eigenvalue weighted by molar-refractivity contribution is -0.124. The van der Waals surface area contributed by atoms with E-state index in [2.05, 4.69) is 20.7 Å². The van der Waals surface area contributed by atoms with Gasteiger partial charge in [-0.05, 0) is 49.7 Å². The van der Waals surface area contributed by atoms with Crippen LogP contribution in [-0.4, -0.2) is 45.4 Å². The molecule has 1 aromatic carbocycles. The van der Waals surface area contributed by atoms with Crippen molar-refractivity contribution in [1.29, 1.82) is 0 Å². The molecule has 1 N–H and O–H groups in total. The number of rotatable bonds is 5. The van der Waals surface area contributed by atoms with Crippen molar-refractivity contribution < 1.29 is 9.53 Å². The molecule has 0 radical (unpaired) electrons. The highest BCUT2D eigenvalue weighted by Gasteiger charge is 2.26. The Balaban J connectivity index is 1.25. The number of aromatic nitrogens is 4. The molecule has 7 heteroatoms. The fourth-order valence-electron chi connectivity index (χ4n) is 4.05. The van der Waals surface area contributed by atoms with Crippen LogP contribution < -0.4 is 5.32 Å². The molecule has 2 aliphatic rings. The van der Waals surface area contributed by atoms with Gasteiger partial charge in [0, 0.05) is 31.2 Å². The second-order valence-corrected chi connectivity index (χ2v) is 7.66. The van der Waals surface area contributed by atoms with Crippen LogP contribution in [0.25, 0.3) is 11.4 Å². The first-order valence-corrected chi connectivity index (χ1v) is 10.00. The van der Waals surface area contributed by atoms with Crippen LogP contribution in [0.1, 0.15) is 51.0 Å². The smallest absolute Gasteiger partial charge is 0.220 e. The van der Waals surface area contributed by atoms with Gasteiger partial charge in [0.05, 0.1) is 6.04 Å². The average molecular weight is 369 g/mol. The van der Waals surface area contributed by atoms with Crippen LogP contribution in [0.15, 0.2) is 30.3 Å². The van der Waals surface area contributed by atoms with Crippen LogP contribution >= 0.6 is 0 Å². The topological polar surface area (TPSA) is 81.9 Å². The second-order valence-electron chi connectivity index (χ2n) is 7.66. The first-order valence-electron chi connectivity index (χ1n) is 10.00. The van der Waals surface area contributed by atoms with Crippen LogP contribution in [-0.2, 0) is 9.53 Å². The summed E-state index contributed by atoms with van der Waals surface area (Å²) in [6.07, 6.45) is 6.59. The average Bonchev–Trinajstić information content (AvgIpc) is 3.20. The molecular formula is C20H27N5O2. The molecule has 1 unspecified atom stereocenters. The summed E-state index contributed by atoms with van der Waals surface area (Å²) in [4.78, 5) is 14.0. The number of nitrogens with zero attached hydrogens (tertiary/aromatic N) is 4. The van der Waals surface area contributed by atoms with E-state index < -0.39 is 0 Å². The zero-order valence-corrected chi connectivity index (χ0v) is 15.6. The molecule has 4 rings (SSSR count). The minimum absolute atomic E-state index is 0.166. The number of benzene rings is 1. The number of hydrogen-bond donors (Lipinski definition) is 1. The van der Waals surface area contributed by atoms with Crippen LogP contribution in [0.2, 0.25) is 0 Å². The molecule has 2 fully saturated rings. The molecule has 1 aliphatic heterocycles. The van der Waals surface area contributed by atoms with E-state index in [9.17, 15) is 4.79 Å². The fraction of sp³-hybridized carbons (Fsp3) is 0.600. The first-order chi connectivity index (χ1) is 13.3. The van der Waals surface area contributed by atoms with E-state index in [1.807, 2.05) is 30.3 Å². The highest BCUT2D eigenvalue weighted by atomic mass is 16.5. The summed E-state index contributed by atoms with van der Waals surface area (Å²) in [6, 6.07) is 10.4. The van der Waals surface area contributed by atoms with Gasteiger partial charge in [-0.3, -0.25) is 4.79 Å². The molecule has 7 nitrogen and oxygen atoms in total. The predicted molar refractivity (Wildman–Crippen MR) is 101 cm³/mol. The third-order valence-electron chi connectivity index (χ3n) is 5.58. The van der Waals surface area contributed by atoms with E-state index in [4.69, 9.17) is 4.74 Å². The van der Waals surface area contributed by atoms with Crippen molar-refractivity contribution in [2.45, 2.75) is 57.0 Å². The third-order valence-corrected chi connectivity index (χ3v) is 5.58. The van der Waals surface area contributed by atoms with Gasteiger partial charge in [0.2, 0.25) is 11.7 Å². The molecule has 1 saturated carbocycles. The number of carbonyl (C=O) groups is 1. The van der Waals surface area contributed by atoms with Gasteiger partial charge in [0.1, 0.15) is 0 Å². The van der Waals surface area contributed by atoms with Crippen LogP contribution in [0, 0.1) is 5.92 Å². The van der Waals surface area contributed by atoms with Crippen molar-refractivity contribution >= 4 is 5.91 Å². The Hall–Kier alpha value is -2.28. The SMILES string of the molecule is O=C(CC1CCCOC1)NC1CCC(n2nnc(-c3ccccc3)n2)CC1. The van der Waals surface area contributed by atoms with Crippen molar-refractivity contribution in [3.63, 3.8) is 0 Å². The van der Waals surface area contributed by atoms with Gasteiger partial charge in [-0.1, -0.05) is 30.3 Å². The summed E-state index contributed by atoms with van der Waals surface area (Å²) in [5, 5.41) is 16.2. The summed E-state index contributed by atoms with van der Waals surface area (Å²) in [7, 11) is 0. The van der Waals surface area contributed by atoms with Crippen molar-refractivity contribution in [3.8, 4) is 11.4 Å². The van der Waals surface area contributed by atoms with E-state index in [1.165, 1.54) is 0 Å². The quantitative estimate of drug-likeness (QED) is 0.876. The molecule has 144 valence electrons. The predicted octanol–water partition coefficient (Wildman–Crippen LogP) is 2.76. The van der Waals surface area contributed by atoms with Crippen molar-refractivity contribution in [3.05, 3.63) is 30.3 Å². The Labute approximate surface area is 159 Å². The van der Waals surface area contributed by atoms with Crippen molar-refractivity contribution in [1.82, 2.24) is 25.5 Å². The minimum atomic E-state index is 0.166. The molecule has 1 amide bonds. The molecule has 2 heterocycles. The lowest BCUT2D eigenvalue weighted by Gasteiger charge is -2.29. The second kappa shape index (κ2) is 8.61. The van der Waals surface area contributed by atoms with Crippen LogP contribution in [0.5, 0.6) is 0 Å². The Bertz CT molecular complexity index is 734. The first kappa shape index (κ1) is 18.1. The Morgan fingerprint density at radius 3 is 2.70 bits per heavy atom. The van der Waals surface area contributed by atoms with Gasteiger partial charge in [-0.15, -0.1) is 10.2 Å². The molecule has 27 heavy (non-hydrogen) atoms. The maximum absolute atomic E-state index is 12.3. The lowest BCUT2D eigenvalue weighted by atomic mass is 9.91. The van der Waals surface area contributed by atoms with Gasteiger partial charge >= 0.3 is 0 Å². The number of hydrogen-bond acceptors (Lipinski definition) is 5. The number of carbonyl (C=O) groups excluding carboxylic acids is 1. The normalized spacial score (nSPS) is 25.9. The lowest BCUT2D eigenvalue weighted by Crippen LogP contribution is -2.39. The zero-order valence-electron chi connectivity index (χ0n) is 15.6. The van der Waals surface area contributed by atoms with E-state index in [0.29, 0.717) is 18.2 Å². The van der Waals surface area contributed by atoms with E-state index in [-0.39, 0.29) is 18.0 Å². The van der Waals surface area contributed by atoms with Crippen LogP contribution in [0.3, 0.4) is 0 Å².